The van der Waals surface area contributed by atoms with Gasteiger partial charge in [-0.25, -0.2) is 4.98 Å². The topological polar surface area (TPSA) is 49.5 Å². The molecule has 2 saturated carbocycles. The predicted molar refractivity (Wildman–Crippen MR) is 98.1 cm³/mol. The molecule has 4 nitrogen and oxygen atoms in total. The first-order valence-corrected chi connectivity index (χ1v) is 9.41. The molecule has 0 saturated heterocycles. The van der Waals surface area contributed by atoms with E-state index in [0.717, 1.165) is 42.3 Å². The van der Waals surface area contributed by atoms with E-state index in [1.807, 2.05) is 13.0 Å². The minimum absolute atomic E-state index is 0.0593. The summed E-state index contributed by atoms with van der Waals surface area (Å²) in [6, 6.07) is 8.89. The van der Waals surface area contributed by atoms with Gasteiger partial charge in [-0.3, -0.25) is 4.90 Å². The molecule has 1 heterocycles. The van der Waals surface area contributed by atoms with Crippen LogP contribution in [0, 0.1) is 25.7 Å². The molecule has 4 heteroatoms. The highest BCUT2D eigenvalue weighted by atomic mass is 16.4. The molecule has 2 unspecified atom stereocenters. The Kier molecular flexibility index (Phi) is 4.42. The van der Waals surface area contributed by atoms with E-state index in [1.54, 1.807) is 0 Å². The third-order valence-electron chi connectivity index (χ3n) is 6.15. The number of hydrogen-bond acceptors (Lipinski definition) is 4. The number of hydrogen-bond donors (Lipinski definition) is 1. The van der Waals surface area contributed by atoms with Gasteiger partial charge in [0.15, 0.2) is 0 Å². The maximum atomic E-state index is 9.83. The highest BCUT2D eigenvalue weighted by molar-refractivity contribution is 5.54. The molecule has 2 aliphatic rings. The minimum atomic E-state index is -0.0593. The second-order valence-corrected chi connectivity index (χ2v) is 8.08. The van der Waals surface area contributed by atoms with Crippen LogP contribution >= 0.6 is 0 Å². The molecule has 4 atom stereocenters. The number of aromatic nitrogens is 1. The number of aliphatic hydroxyl groups excluding tert-OH is 1. The van der Waals surface area contributed by atoms with Crippen LogP contribution in [0.3, 0.4) is 0 Å². The van der Waals surface area contributed by atoms with Gasteiger partial charge < -0.3 is 9.52 Å². The van der Waals surface area contributed by atoms with Crippen LogP contribution < -0.4 is 0 Å². The average Bonchev–Trinajstić information content (AvgIpc) is 3.21. The van der Waals surface area contributed by atoms with Crippen molar-refractivity contribution in [1.29, 1.82) is 0 Å². The van der Waals surface area contributed by atoms with Crippen LogP contribution in [0.4, 0.5) is 0 Å². The fraction of sp³-hybridized carbons (Fsp3) is 0.571. The summed E-state index contributed by atoms with van der Waals surface area (Å²) >= 11 is 0. The van der Waals surface area contributed by atoms with E-state index in [9.17, 15) is 5.11 Å². The number of fused-ring (bicyclic) bond motifs is 1. The minimum Gasteiger partial charge on any atom is -0.441 e. The first-order chi connectivity index (χ1) is 12.0. The van der Waals surface area contributed by atoms with Gasteiger partial charge in [0, 0.05) is 18.2 Å². The van der Waals surface area contributed by atoms with Crippen LogP contribution in [0.1, 0.15) is 42.7 Å². The molecule has 0 amide bonds. The molecular formula is C21H28N2O2. The van der Waals surface area contributed by atoms with Crippen molar-refractivity contribution in [3.8, 4) is 11.5 Å². The largest absolute Gasteiger partial charge is 0.441 e. The van der Waals surface area contributed by atoms with E-state index < -0.39 is 0 Å². The number of oxazole rings is 1. The normalized spacial score (nSPS) is 28.7. The summed E-state index contributed by atoms with van der Waals surface area (Å²) in [5.41, 5.74) is 3.30. The SMILES string of the molecule is Cc1cccc(-c2nc(CN(C)C3C[C@H]4CC(O)C[C@H]4C3)c(C)o2)c1. The third-order valence-corrected chi connectivity index (χ3v) is 6.15. The number of benzene rings is 1. The molecule has 2 aromatic rings. The molecule has 1 N–H and O–H groups in total. The average molecular weight is 340 g/mol. The Morgan fingerprint density at radius 1 is 1.16 bits per heavy atom. The first kappa shape index (κ1) is 16.8. The molecule has 0 bridgehead atoms. The number of nitrogens with zero attached hydrogens (tertiary/aromatic N) is 2. The van der Waals surface area contributed by atoms with Gasteiger partial charge in [-0.2, -0.15) is 0 Å². The lowest BCUT2D eigenvalue weighted by Gasteiger charge is -2.24. The van der Waals surface area contributed by atoms with Crippen molar-refractivity contribution in [3.63, 3.8) is 0 Å². The lowest BCUT2D eigenvalue weighted by Crippen LogP contribution is -2.30. The lowest BCUT2D eigenvalue weighted by atomic mass is 10.0. The fourth-order valence-corrected chi connectivity index (χ4v) is 4.75. The second-order valence-electron chi connectivity index (χ2n) is 8.08. The molecule has 2 aliphatic carbocycles. The lowest BCUT2D eigenvalue weighted by molar-refractivity contribution is 0.157. The standard InChI is InChI=1S/C21H28N2O2/c1-13-5-4-6-15(7-13)21-22-20(14(2)25-21)12-23(3)18-8-16-10-19(24)11-17(16)9-18/h4-7,16-19,24H,8-12H2,1-3H3/t16-,17+,18?,19?. The van der Waals surface area contributed by atoms with Gasteiger partial charge >= 0.3 is 0 Å². The molecule has 0 aliphatic heterocycles. The van der Waals surface area contributed by atoms with E-state index in [2.05, 4.69) is 37.1 Å². The molecule has 4 rings (SSSR count). The Morgan fingerprint density at radius 2 is 1.88 bits per heavy atom. The van der Waals surface area contributed by atoms with Gasteiger partial charge in [-0.05, 0) is 70.5 Å². The Labute approximate surface area is 149 Å². The Morgan fingerprint density at radius 3 is 2.56 bits per heavy atom. The summed E-state index contributed by atoms with van der Waals surface area (Å²) in [6.45, 7) is 4.92. The molecule has 1 aromatic heterocycles. The van der Waals surface area contributed by atoms with Gasteiger partial charge in [-0.15, -0.1) is 0 Å². The molecule has 134 valence electrons. The zero-order chi connectivity index (χ0) is 17.6. The summed E-state index contributed by atoms with van der Waals surface area (Å²) < 4.78 is 5.94. The smallest absolute Gasteiger partial charge is 0.226 e. The van der Waals surface area contributed by atoms with Gasteiger partial charge in [0.1, 0.15) is 5.76 Å². The van der Waals surface area contributed by atoms with Crippen molar-refractivity contribution in [2.75, 3.05) is 7.05 Å². The highest BCUT2D eigenvalue weighted by Crippen LogP contribution is 2.45. The van der Waals surface area contributed by atoms with E-state index in [0.29, 0.717) is 17.9 Å². The van der Waals surface area contributed by atoms with Crippen LogP contribution in [-0.4, -0.2) is 34.2 Å². The zero-order valence-electron chi connectivity index (χ0n) is 15.4. The fourth-order valence-electron chi connectivity index (χ4n) is 4.75. The van der Waals surface area contributed by atoms with Crippen LogP contribution in [-0.2, 0) is 6.54 Å². The van der Waals surface area contributed by atoms with E-state index in [4.69, 9.17) is 9.40 Å². The van der Waals surface area contributed by atoms with Gasteiger partial charge in [0.2, 0.25) is 5.89 Å². The van der Waals surface area contributed by atoms with E-state index >= 15 is 0 Å². The molecule has 2 fully saturated rings. The molecule has 0 spiro atoms. The van der Waals surface area contributed by atoms with Crippen LogP contribution in [0.15, 0.2) is 28.7 Å². The van der Waals surface area contributed by atoms with Crippen molar-refractivity contribution in [3.05, 3.63) is 41.3 Å². The van der Waals surface area contributed by atoms with Crippen LogP contribution in [0.5, 0.6) is 0 Å². The summed E-state index contributed by atoms with van der Waals surface area (Å²) in [4.78, 5) is 7.19. The van der Waals surface area contributed by atoms with Crippen molar-refractivity contribution < 1.29 is 9.52 Å². The Bertz CT molecular complexity index is 740. The predicted octanol–water partition coefficient (Wildman–Crippen LogP) is 3.94. The van der Waals surface area contributed by atoms with Crippen LogP contribution in [0.2, 0.25) is 0 Å². The van der Waals surface area contributed by atoms with E-state index in [1.165, 1.54) is 18.4 Å². The third kappa shape index (κ3) is 3.38. The van der Waals surface area contributed by atoms with Crippen molar-refractivity contribution >= 4 is 0 Å². The number of rotatable bonds is 4. The van der Waals surface area contributed by atoms with Gasteiger partial charge in [0.25, 0.3) is 0 Å². The highest BCUT2D eigenvalue weighted by Gasteiger charge is 2.42. The summed E-state index contributed by atoms with van der Waals surface area (Å²) in [5, 5.41) is 9.83. The van der Waals surface area contributed by atoms with Crippen molar-refractivity contribution in [1.82, 2.24) is 9.88 Å². The van der Waals surface area contributed by atoms with Crippen molar-refractivity contribution in [2.24, 2.45) is 11.8 Å². The van der Waals surface area contributed by atoms with Gasteiger partial charge in [0.05, 0.1) is 11.8 Å². The number of aliphatic hydroxyl groups is 1. The van der Waals surface area contributed by atoms with E-state index in [-0.39, 0.29) is 6.10 Å². The summed E-state index contributed by atoms with van der Waals surface area (Å²) in [7, 11) is 2.20. The maximum Gasteiger partial charge on any atom is 0.226 e. The monoisotopic (exact) mass is 340 g/mol. The molecular weight excluding hydrogens is 312 g/mol. The molecule has 0 radical (unpaired) electrons. The first-order valence-electron chi connectivity index (χ1n) is 9.41. The van der Waals surface area contributed by atoms with Crippen molar-refractivity contribution in [2.45, 2.75) is 58.2 Å². The second kappa shape index (κ2) is 6.58. The zero-order valence-corrected chi connectivity index (χ0v) is 15.4. The molecule has 25 heavy (non-hydrogen) atoms. The molecule has 1 aromatic carbocycles. The Balaban J connectivity index is 1.44. The number of aryl methyl sites for hydroxylation is 2. The summed E-state index contributed by atoms with van der Waals surface area (Å²) in [6.07, 6.45) is 4.35. The summed E-state index contributed by atoms with van der Waals surface area (Å²) in [5.74, 6) is 3.06. The van der Waals surface area contributed by atoms with Crippen LogP contribution in [0.25, 0.3) is 11.5 Å². The quantitative estimate of drug-likeness (QED) is 0.916. The van der Waals surface area contributed by atoms with Gasteiger partial charge in [-0.1, -0.05) is 17.7 Å². The Hall–Kier alpha value is -1.65. The maximum absolute atomic E-state index is 9.83.